The molecule has 1 aliphatic heterocycles. The molecule has 2 fully saturated rings. The van der Waals surface area contributed by atoms with E-state index in [2.05, 4.69) is 11.9 Å². The standard InChI is InChI=1S/C21H27NO7.2H2O/c1-22-7-6-21-5-4-13(29-18(20(27)28)17(24)19(25)26)10-15(21)16(22)8-11-2-3-12(23)9-14(11)21;;/h2-3,9,13,15-18,23-24H,4-8,10H2,1H3,(H,25,26)(H,27,28);2*1H2/t13?,15-,16+,17?,18?,21-;;/m0../s1. The van der Waals surface area contributed by atoms with Crippen molar-refractivity contribution in [3.8, 4) is 5.75 Å². The van der Waals surface area contributed by atoms with Crippen LogP contribution in [0.15, 0.2) is 18.2 Å². The molecule has 3 aliphatic rings. The second kappa shape index (κ2) is 9.09. The Morgan fingerprint density at radius 3 is 2.55 bits per heavy atom. The monoisotopic (exact) mass is 441 g/mol. The molecule has 0 radical (unpaired) electrons. The van der Waals surface area contributed by atoms with Gasteiger partial charge in [-0.15, -0.1) is 0 Å². The summed E-state index contributed by atoms with van der Waals surface area (Å²) >= 11 is 0. The normalized spacial score (nSPS) is 31.1. The fourth-order valence-corrected chi connectivity index (χ4v) is 5.84. The maximum absolute atomic E-state index is 11.5. The van der Waals surface area contributed by atoms with Gasteiger partial charge in [-0.25, -0.2) is 9.59 Å². The van der Waals surface area contributed by atoms with Gasteiger partial charge < -0.3 is 41.0 Å². The van der Waals surface area contributed by atoms with Crippen molar-refractivity contribution in [2.75, 3.05) is 13.6 Å². The van der Waals surface area contributed by atoms with Gasteiger partial charge in [0.25, 0.3) is 0 Å². The molecule has 1 aromatic rings. The quantitative estimate of drug-likeness (QED) is 0.462. The first-order chi connectivity index (χ1) is 13.7. The number of aliphatic carboxylic acids is 2. The molecular formula is C21H31NO9. The maximum Gasteiger partial charge on any atom is 0.336 e. The fraction of sp³-hybridized carbons (Fsp3) is 0.619. The Morgan fingerprint density at radius 1 is 1.19 bits per heavy atom. The van der Waals surface area contributed by atoms with Crippen LogP contribution >= 0.6 is 0 Å². The minimum atomic E-state index is -2.10. The number of likely N-dealkylation sites (tertiary alicyclic amines) is 1. The number of nitrogens with zero attached hydrogens (tertiary/aromatic N) is 1. The van der Waals surface area contributed by atoms with Crippen LogP contribution in [0.1, 0.15) is 36.8 Å². The number of benzene rings is 1. The van der Waals surface area contributed by atoms with E-state index in [0.717, 1.165) is 25.8 Å². The van der Waals surface area contributed by atoms with Gasteiger partial charge in [0, 0.05) is 11.5 Å². The number of hydrogen-bond acceptors (Lipinski definition) is 6. The summed E-state index contributed by atoms with van der Waals surface area (Å²) in [5.74, 6) is -2.62. The van der Waals surface area contributed by atoms with Crippen molar-refractivity contribution in [2.24, 2.45) is 5.92 Å². The molecule has 31 heavy (non-hydrogen) atoms. The van der Waals surface area contributed by atoms with Crippen LogP contribution in [0.3, 0.4) is 0 Å². The molecule has 174 valence electrons. The summed E-state index contributed by atoms with van der Waals surface area (Å²) in [6.45, 7) is 0.956. The number of piperidine rings is 1. The molecule has 10 nitrogen and oxygen atoms in total. The average molecular weight is 441 g/mol. The van der Waals surface area contributed by atoms with E-state index in [1.165, 1.54) is 11.1 Å². The number of carboxylic acid groups (broad SMARTS) is 2. The van der Waals surface area contributed by atoms with E-state index in [0.29, 0.717) is 12.8 Å². The first kappa shape index (κ1) is 25.0. The van der Waals surface area contributed by atoms with Crippen LogP contribution in [0, 0.1) is 5.92 Å². The van der Waals surface area contributed by atoms with Gasteiger partial charge in [-0.3, -0.25) is 0 Å². The zero-order valence-electron chi connectivity index (χ0n) is 17.3. The highest BCUT2D eigenvalue weighted by Gasteiger charge is 2.55. The van der Waals surface area contributed by atoms with Crippen LogP contribution in [0.2, 0.25) is 0 Å². The highest BCUT2D eigenvalue weighted by Crippen LogP contribution is 2.56. The minimum Gasteiger partial charge on any atom is -0.508 e. The lowest BCUT2D eigenvalue weighted by atomic mass is 9.52. The molecule has 2 aliphatic carbocycles. The van der Waals surface area contributed by atoms with Crippen LogP contribution in [-0.4, -0.2) is 86.2 Å². The van der Waals surface area contributed by atoms with Gasteiger partial charge >= 0.3 is 11.9 Å². The fourth-order valence-electron chi connectivity index (χ4n) is 5.84. The number of aliphatic hydroxyl groups is 1. The summed E-state index contributed by atoms with van der Waals surface area (Å²) in [5, 5.41) is 38.2. The molecular weight excluding hydrogens is 410 g/mol. The van der Waals surface area contributed by atoms with Crippen LogP contribution in [0.25, 0.3) is 0 Å². The Bertz CT molecular complexity index is 831. The number of phenolic OH excluding ortho intramolecular Hbond substituents is 1. The summed E-state index contributed by atoms with van der Waals surface area (Å²) in [4.78, 5) is 24.9. The molecule has 1 aromatic carbocycles. The number of hydrogen-bond donors (Lipinski definition) is 4. The van der Waals surface area contributed by atoms with Gasteiger partial charge in [0.05, 0.1) is 6.10 Å². The molecule has 10 heteroatoms. The third-order valence-electron chi connectivity index (χ3n) is 7.26. The Hall–Kier alpha value is -2.24. The molecule has 2 bridgehead atoms. The predicted octanol–water partition coefficient (Wildman–Crippen LogP) is -0.675. The first-order valence-corrected chi connectivity index (χ1v) is 10.0. The van der Waals surface area contributed by atoms with Crippen molar-refractivity contribution < 1.29 is 45.7 Å². The predicted molar refractivity (Wildman–Crippen MR) is 109 cm³/mol. The number of ether oxygens (including phenoxy) is 1. The highest BCUT2D eigenvalue weighted by molar-refractivity contribution is 5.83. The summed E-state index contributed by atoms with van der Waals surface area (Å²) in [6, 6.07) is 5.88. The van der Waals surface area contributed by atoms with Crippen LogP contribution in [0.4, 0.5) is 0 Å². The molecule has 6 atom stereocenters. The average Bonchev–Trinajstić information content (AvgIpc) is 2.68. The van der Waals surface area contributed by atoms with E-state index in [9.17, 15) is 24.9 Å². The van der Waals surface area contributed by atoms with Crippen molar-refractivity contribution in [1.29, 1.82) is 0 Å². The number of aromatic hydroxyl groups is 1. The molecule has 0 aromatic heterocycles. The second-order valence-corrected chi connectivity index (χ2v) is 8.68. The molecule has 1 heterocycles. The van der Waals surface area contributed by atoms with Crippen LogP contribution in [-0.2, 0) is 26.2 Å². The second-order valence-electron chi connectivity index (χ2n) is 8.68. The van der Waals surface area contributed by atoms with E-state index in [-0.39, 0.29) is 34.1 Å². The molecule has 0 spiro atoms. The Morgan fingerprint density at radius 2 is 1.90 bits per heavy atom. The van der Waals surface area contributed by atoms with Crippen LogP contribution < -0.4 is 0 Å². The largest absolute Gasteiger partial charge is 0.508 e. The summed E-state index contributed by atoms with van der Waals surface area (Å²) in [7, 11) is 2.10. The van der Waals surface area contributed by atoms with Crippen molar-refractivity contribution in [2.45, 2.75) is 61.9 Å². The van der Waals surface area contributed by atoms with Gasteiger partial charge in [-0.1, -0.05) is 6.07 Å². The van der Waals surface area contributed by atoms with Crippen molar-refractivity contribution in [3.63, 3.8) is 0 Å². The number of phenols is 1. The van der Waals surface area contributed by atoms with Crippen molar-refractivity contribution in [3.05, 3.63) is 29.3 Å². The molecule has 4 rings (SSSR count). The topological polar surface area (TPSA) is 191 Å². The lowest BCUT2D eigenvalue weighted by Gasteiger charge is -2.59. The number of rotatable bonds is 5. The highest BCUT2D eigenvalue weighted by atomic mass is 16.5. The molecule has 8 N–H and O–H groups in total. The van der Waals surface area contributed by atoms with Crippen LogP contribution in [0.5, 0.6) is 5.75 Å². The number of aliphatic hydroxyl groups excluding tert-OH is 1. The van der Waals surface area contributed by atoms with E-state index in [1.54, 1.807) is 6.07 Å². The van der Waals surface area contributed by atoms with Gasteiger partial charge in [0.15, 0.2) is 12.2 Å². The summed E-state index contributed by atoms with van der Waals surface area (Å²) in [5.41, 5.74) is 2.35. The Labute approximate surface area is 179 Å². The maximum atomic E-state index is 11.5. The van der Waals surface area contributed by atoms with Crippen molar-refractivity contribution in [1.82, 2.24) is 4.90 Å². The lowest BCUT2D eigenvalue weighted by Crippen LogP contribution is -2.61. The Kier molecular flexibility index (Phi) is 7.34. The third-order valence-corrected chi connectivity index (χ3v) is 7.26. The Balaban J connectivity index is 0.00000171. The SMILES string of the molecule is CN1CC[C@]23CCC(OC(C(=O)O)C(O)C(=O)O)C[C@H]2[C@H]1Cc1ccc(O)cc13.O.O. The molecule has 1 saturated heterocycles. The summed E-state index contributed by atoms with van der Waals surface area (Å²) in [6.07, 6.45) is -0.564. The van der Waals surface area contributed by atoms with Gasteiger partial charge in [-0.05, 0) is 74.9 Å². The number of carboxylic acids is 2. The van der Waals surface area contributed by atoms with Crippen molar-refractivity contribution >= 4 is 11.9 Å². The van der Waals surface area contributed by atoms with Gasteiger partial charge in [-0.2, -0.15) is 0 Å². The van der Waals surface area contributed by atoms with E-state index in [1.807, 2.05) is 12.1 Å². The van der Waals surface area contributed by atoms with Gasteiger partial charge in [0.1, 0.15) is 5.75 Å². The van der Waals surface area contributed by atoms with E-state index >= 15 is 0 Å². The van der Waals surface area contributed by atoms with E-state index < -0.39 is 30.3 Å². The number of fused-ring (bicyclic) bond motifs is 1. The molecule has 3 unspecified atom stereocenters. The molecule has 1 saturated carbocycles. The third kappa shape index (κ3) is 4.13. The lowest BCUT2D eigenvalue weighted by molar-refractivity contribution is -0.181. The zero-order valence-corrected chi connectivity index (χ0v) is 17.3. The van der Waals surface area contributed by atoms with E-state index in [4.69, 9.17) is 9.84 Å². The van der Waals surface area contributed by atoms with Gasteiger partial charge in [0.2, 0.25) is 0 Å². The smallest absolute Gasteiger partial charge is 0.336 e. The summed E-state index contributed by atoms with van der Waals surface area (Å²) < 4.78 is 5.64. The zero-order chi connectivity index (χ0) is 20.9. The first-order valence-electron chi connectivity index (χ1n) is 10.0. The number of likely N-dealkylation sites (N-methyl/N-ethyl adjacent to an activating group) is 1. The number of carbonyl (C=O) groups is 2. The molecule has 0 amide bonds. The minimum absolute atomic E-state index is 0.